The highest BCUT2D eigenvalue weighted by molar-refractivity contribution is 6.32. The minimum atomic E-state index is -2.29. The van der Waals surface area contributed by atoms with Crippen molar-refractivity contribution >= 4 is 29.2 Å². The van der Waals surface area contributed by atoms with Crippen LogP contribution in [-0.4, -0.2) is 40.3 Å². The molecule has 0 aliphatic heterocycles. The summed E-state index contributed by atoms with van der Waals surface area (Å²) in [7, 11) is 1.22. The maximum Gasteiger partial charge on any atom is 0.356 e. The molecule has 0 aliphatic carbocycles. The fourth-order valence-electron chi connectivity index (χ4n) is 1.25. The minimum Gasteiger partial charge on any atom is -0.495 e. The standard InChI is InChI=1S/C10H8ClNO8/c1-19-6-3-7(5(12(17)18)2-4(6)11)20-8(9(13)14)10(15)16/h2-3,8H,1H3,(H,13,14)(H,15,16). The molecule has 2 N–H and O–H groups in total. The van der Waals surface area contributed by atoms with Gasteiger partial charge in [0.2, 0.25) is 5.75 Å². The third-order valence-electron chi connectivity index (χ3n) is 2.12. The van der Waals surface area contributed by atoms with Crippen LogP contribution in [0.2, 0.25) is 5.02 Å². The molecule has 1 aromatic carbocycles. The molecule has 0 aromatic heterocycles. The SMILES string of the molecule is COc1cc(OC(C(=O)O)C(=O)O)c([N+](=O)[O-])cc1Cl. The van der Waals surface area contributed by atoms with Crippen molar-refractivity contribution < 1.29 is 34.2 Å². The van der Waals surface area contributed by atoms with E-state index in [2.05, 4.69) is 4.74 Å². The monoisotopic (exact) mass is 305 g/mol. The maximum atomic E-state index is 10.8. The van der Waals surface area contributed by atoms with Gasteiger partial charge >= 0.3 is 17.6 Å². The molecule has 108 valence electrons. The van der Waals surface area contributed by atoms with E-state index >= 15 is 0 Å². The third-order valence-corrected chi connectivity index (χ3v) is 2.42. The lowest BCUT2D eigenvalue weighted by molar-refractivity contribution is -0.386. The Kier molecular flexibility index (Phi) is 4.70. The van der Waals surface area contributed by atoms with Crippen LogP contribution < -0.4 is 9.47 Å². The number of hydrogen-bond acceptors (Lipinski definition) is 6. The molecule has 0 saturated carbocycles. The van der Waals surface area contributed by atoms with Gasteiger partial charge in [-0.25, -0.2) is 9.59 Å². The number of carboxylic acid groups (broad SMARTS) is 2. The largest absolute Gasteiger partial charge is 0.495 e. The zero-order valence-electron chi connectivity index (χ0n) is 9.90. The van der Waals surface area contributed by atoms with Gasteiger partial charge in [-0.3, -0.25) is 10.1 Å². The van der Waals surface area contributed by atoms with Crippen molar-refractivity contribution in [1.29, 1.82) is 0 Å². The Morgan fingerprint density at radius 3 is 2.25 bits per heavy atom. The molecule has 0 amide bonds. The van der Waals surface area contributed by atoms with E-state index in [-0.39, 0.29) is 10.8 Å². The second-order valence-electron chi connectivity index (χ2n) is 3.39. The van der Waals surface area contributed by atoms with Crippen LogP contribution in [0.15, 0.2) is 12.1 Å². The number of benzene rings is 1. The predicted molar refractivity (Wildman–Crippen MR) is 64.3 cm³/mol. The Morgan fingerprint density at radius 2 is 1.85 bits per heavy atom. The molecule has 0 radical (unpaired) electrons. The maximum absolute atomic E-state index is 10.8. The van der Waals surface area contributed by atoms with Crippen molar-refractivity contribution in [2.45, 2.75) is 6.10 Å². The Hall–Kier alpha value is -2.55. The molecule has 0 bridgehead atoms. The number of hydrogen-bond donors (Lipinski definition) is 2. The number of nitrogens with zero attached hydrogens (tertiary/aromatic N) is 1. The first-order valence-electron chi connectivity index (χ1n) is 4.92. The minimum absolute atomic E-state index is 0.0261. The van der Waals surface area contributed by atoms with Crippen LogP contribution in [-0.2, 0) is 9.59 Å². The molecule has 0 heterocycles. The molecule has 9 nitrogen and oxygen atoms in total. The molecule has 1 aromatic rings. The number of carbonyl (C=O) groups is 2. The van der Waals surface area contributed by atoms with Crippen molar-refractivity contribution in [2.24, 2.45) is 0 Å². The Morgan fingerprint density at radius 1 is 1.30 bits per heavy atom. The Bertz CT molecular complexity index is 559. The summed E-state index contributed by atoms with van der Waals surface area (Å²) in [6, 6.07) is 1.82. The van der Waals surface area contributed by atoms with E-state index in [1.54, 1.807) is 0 Å². The lowest BCUT2D eigenvalue weighted by Gasteiger charge is -2.12. The van der Waals surface area contributed by atoms with E-state index in [9.17, 15) is 19.7 Å². The second kappa shape index (κ2) is 6.06. The predicted octanol–water partition coefficient (Wildman–Crippen LogP) is 1.17. The number of rotatable bonds is 6. The highest BCUT2D eigenvalue weighted by atomic mass is 35.5. The fraction of sp³-hybridized carbons (Fsp3) is 0.200. The van der Waals surface area contributed by atoms with Gasteiger partial charge in [-0.15, -0.1) is 0 Å². The van der Waals surface area contributed by atoms with Crippen molar-refractivity contribution in [1.82, 2.24) is 0 Å². The van der Waals surface area contributed by atoms with E-state index in [1.165, 1.54) is 7.11 Å². The molecule has 0 aliphatic rings. The number of nitro groups is 1. The summed E-state index contributed by atoms with van der Waals surface area (Å²) >= 11 is 5.69. The Labute approximate surface area is 116 Å². The van der Waals surface area contributed by atoms with Crippen molar-refractivity contribution in [3.8, 4) is 11.5 Å². The lowest BCUT2D eigenvalue weighted by atomic mass is 10.2. The molecule has 0 spiro atoms. The van der Waals surface area contributed by atoms with Crippen LogP contribution in [0.1, 0.15) is 0 Å². The molecule has 0 fully saturated rings. The first-order valence-corrected chi connectivity index (χ1v) is 5.30. The molecule has 0 saturated heterocycles. The van der Waals surface area contributed by atoms with Crippen molar-refractivity contribution in [3.63, 3.8) is 0 Å². The molecular formula is C10H8ClNO8. The summed E-state index contributed by atoms with van der Waals surface area (Å²) < 4.78 is 9.44. The number of ether oxygens (including phenoxy) is 2. The van der Waals surface area contributed by atoms with Crippen molar-refractivity contribution in [3.05, 3.63) is 27.3 Å². The summed E-state index contributed by atoms with van der Waals surface area (Å²) in [4.78, 5) is 31.4. The van der Waals surface area contributed by atoms with Gasteiger partial charge in [-0.05, 0) is 0 Å². The van der Waals surface area contributed by atoms with Crippen molar-refractivity contribution in [2.75, 3.05) is 7.11 Å². The summed E-state index contributed by atoms with van der Waals surface area (Å²) in [5.74, 6) is -4.21. The van der Waals surface area contributed by atoms with Crippen LogP contribution >= 0.6 is 11.6 Å². The van der Waals surface area contributed by atoms with Gasteiger partial charge in [0.15, 0.2) is 0 Å². The van der Waals surface area contributed by atoms with Gasteiger partial charge in [0, 0.05) is 12.1 Å². The number of nitro benzene ring substituents is 1. The Balaban J connectivity index is 3.30. The van der Waals surface area contributed by atoms with E-state index < -0.39 is 34.4 Å². The highest BCUT2D eigenvalue weighted by Gasteiger charge is 2.31. The van der Waals surface area contributed by atoms with E-state index in [0.717, 1.165) is 12.1 Å². The molecule has 20 heavy (non-hydrogen) atoms. The normalized spacial score (nSPS) is 10.2. The number of carboxylic acids is 2. The first-order chi connectivity index (χ1) is 9.27. The van der Waals surface area contributed by atoms with Crippen LogP contribution in [0, 0.1) is 10.1 Å². The summed E-state index contributed by atoms with van der Waals surface area (Å²) in [6.45, 7) is 0. The average molecular weight is 306 g/mol. The first kappa shape index (κ1) is 15.5. The molecule has 1 rings (SSSR count). The summed E-state index contributed by atoms with van der Waals surface area (Å²) in [6.07, 6.45) is -2.29. The zero-order chi connectivity index (χ0) is 15.4. The van der Waals surface area contributed by atoms with Gasteiger partial charge in [-0.1, -0.05) is 11.6 Å². The topological polar surface area (TPSA) is 136 Å². The van der Waals surface area contributed by atoms with E-state index in [4.69, 9.17) is 26.6 Å². The van der Waals surface area contributed by atoms with Crippen LogP contribution in [0.4, 0.5) is 5.69 Å². The third kappa shape index (κ3) is 3.26. The van der Waals surface area contributed by atoms with Gasteiger partial charge in [0.05, 0.1) is 17.1 Å². The summed E-state index contributed by atoms with van der Waals surface area (Å²) in [5, 5.41) is 28.1. The number of halogens is 1. The van der Waals surface area contributed by atoms with Crippen LogP contribution in [0.25, 0.3) is 0 Å². The smallest absolute Gasteiger partial charge is 0.356 e. The molecular weight excluding hydrogens is 298 g/mol. The summed E-state index contributed by atoms with van der Waals surface area (Å²) in [5.41, 5.74) is -0.678. The number of methoxy groups -OCH3 is 1. The average Bonchev–Trinajstić information content (AvgIpc) is 2.35. The molecule has 0 atom stereocenters. The second-order valence-corrected chi connectivity index (χ2v) is 3.79. The van der Waals surface area contributed by atoms with Gasteiger partial charge in [0.1, 0.15) is 5.75 Å². The van der Waals surface area contributed by atoms with Crippen LogP contribution in [0.5, 0.6) is 11.5 Å². The number of aliphatic carboxylic acids is 2. The lowest BCUT2D eigenvalue weighted by Crippen LogP contribution is -2.35. The quantitative estimate of drug-likeness (QED) is 0.454. The van der Waals surface area contributed by atoms with E-state index in [1.807, 2.05) is 0 Å². The molecule has 0 unspecified atom stereocenters. The molecule has 10 heteroatoms. The fourth-order valence-corrected chi connectivity index (χ4v) is 1.49. The zero-order valence-corrected chi connectivity index (χ0v) is 10.7. The highest BCUT2D eigenvalue weighted by Crippen LogP contribution is 2.37. The van der Waals surface area contributed by atoms with Gasteiger partial charge in [0.25, 0.3) is 6.10 Å². The van der Waals surface area contributed by atoms with Crippen LogP contribution in [0.3, 0.4) is 0 Å². The van der Waals surface area contributed by atoms with E-state index in [0.29, 0.717) is 0 Å². The van der Waals surface area contributed by atoms with Gasteiger partial charge < -0.3 is 19.7 Å². The van der Waals surface area contributed by atoms with Gasteiger partial charge in [-0.2, -0.15) is 0 Å².